The molecule has 0 atom stereocenters. The lowest BCUT2D eigenvalue weighted by Crippen LogP contribution is -2.26. The van der Waals surface area contributed by atoms with E-state index < -0.39 is 0 Å². The summed E-state index contributed by atoms with van der Waals surface area (Å²) in [5, 5.41) is 4.67. The Hall–Kier alpha value is -2.47. The molecule has 6 nitrogen and oxygen atoms in total. The van der Waals surface area contributed by atoms with Crippen LogP contribution in [-0.2, 0) is 12.5 Å². The fraction of sp³-hybridized carbons (Fsp3) is 0.294. The first-order valence-corrected chi connectivity index (χ1v) is 8.07. The smallest absolute Gasteiger partial charge is 0.137 e. The van der Waals surface area contributed by atoms with Crippen molar-refractivity contribution in [2.45, 2.75) is 19.3 Å². The highest BCUT2D eigenvalue weighted by molar-refractivity contribution is 6.29. The predicted molar refractivity (Wildman–Crippen MR) is 93.5 cm³/mol. The van der Waals surface area contributed by atoms with Crippen LogP contribution in [0.3, 0.4) is 0 Å². The van der Waals surface area contributed by atoms with Crippen LogP contribution in [0.2, 0.25) is 5.15 Å². The Morgan fingerprint density at radius 2 is 2.04 bits per heavy atom. The highest BCUT2D eigenvalue weighted by Gasteiger charge is 2.38. The van der Waals surface area contributed by atoms with Crippen LogP contribution in [0.4, 0.5) is 11.5 Å². The zero-order valence-corrected chi connectivity index (χ0v) is 14.5. The molecule has 0 fully saturated rings. The van der Waals surface area contributed by atoms with Crippen molar-refractivity contribution in [2.24, 2.45) is 7.05 Å². The summed E-state index contributed by atoms with van der Waals surface area (Å²) in [4.78, 5) is 15.4. The summed E-state index contributed by atoms with van der Waals surface area (Å²) in [6, 6.07) is 5.89. The van der Waals surface area contributed by atoms with Gasteiger partial charge in [0.15, 0.2) is 0 Å². The van der Waals surface area contributed by atoms with Gasteiger partial charge >= 0.3 is 0 Å². The molecule has 0 radical (unpaired) electrons. The number of rotatable bonds is 2. The van der Waals surface area contributed by atoms with Gasteiger partial charge in [0.05, 0.1) is 23.3 Å². The summed E-state index contributed by atoms with van der Waals surface area (Å²) in [7, 11) is 1.90. The summed E-state index contributed by atoms with van der Waals surface area (Å²) >= 11 is 6.03. The minimum Gasteiger partial charge on any atom is -0.324 e. The van der Waals surface area contributed by atoms with Crippen molar-refractivity contribution < 1.29 is 0 Å². The van der Waals surface area contributed by atoms with Gasteiger partial charge in [0.25, 0.3) is 0 Å². The van der Waals surface area contributed by atoms with Crippen LogP contribution >= 0.6 is 11.6 Å². The Morgan fingerprint density at radius 1 is 1.21 bits per heavy atom. The van der Waals surface area contributed by atoms with Crippen molar-refractivity contribution in [1.29, 1.82) is 0 Å². The van der Waals surface area contributed by atoms with Gasteiger partial charge in [0.2, 0.25) is 0 Å². The molecule has 24 heavy (non-hydrogen) atoms. The molecular formula is C17H17ClN6. The number of anilines is 2. The molecule has 4 rings (SSSR count). The molecule has 7 heteroatoms. The topological polar surface area (TPSA) is 59.7 Å². The van der Waals surface area contributed by atoms with E-state index in [9.17, 15) is 0 Å². The third kappa shape index (κ3) is 2.43. The maximum Gasteiger partial charge on any atom is 0.137 e. The van der Waals surface area contributed by atoms with Gasteiger partial charge in [-0.05, 0) is 12.1 Å². The van der Waals surface area contributed by atoms with Crippen molar-refractivity contribution in [3.8, 4) is 11.3 Å². The van der Waals surface area contributed by atoms with Gasteiger partial charge < -0.3 is 4.90 Å². The Balaban J connectivity index is 1.81. The van der Waals surface area contributed by atoms with Crippen molar-refractivity contribution in [1.82, 2.24) is 24.7 Å². The van der Waals surface area contributed by atoms with E-state index in [2.05, 4.69) is 39.9 Å². The second-order valence-corrected chi connectivity index (χ2v) is 7.02. The average molecular weight is 341 g/mol. The Kier molecular flexibility index (Phi) is 3.31. The lowest BCUT2D eigenvalue weighted by Gasteiger charge is -2.20. The SMILES string of the molecule is Cn1cc(-c2ccc3c(n2)C(C)(C)CN3c2cc(Cl)ncn2)cn1. The molecule has 0 saturated carbocycles. The van der Waals surface area contributed by atoms with E-state index in [1.807, 2.05) is 25.5 Å². The molecule has 3 aromatic rings. The van der Waals surface area contributed by atoms with Crippen LogP contribution in [-0.4, -0.2) is 31.3 Å². The third-order valence-electron chi connectivity index (χ3n) is 4.26. The van der Waals surface area contributed by atoms with E-state index in [0.717, 1.165) is 35.0 Å². The fourth-order valence-electron chi connectivity index (χ4n) is 3.11. The lowest BCUT2D eigenvalue weighted by atomic mass is 9.91. The lowest BCUT2D eigenvalue weighted by molar-refractivity contribution is 0.553. The molecule has 4 heterocycles. The number of aryl methyl sites for hydroxylation is 1. The van der Waals surface area contributed by atoms with Crippen LogP contribution in [0, 0.1) is 0 Å². The van der Waals surface area contributed by atoms with Crippen molar-refractivity contribution in [2.75, 3.05) is 11.4 Å². The molecule has 3 aromatic heterocycles. The molecule has 0 saturated heterocycles. The quantitative estimate of drug-likeness (QED) is 0.669. The fourth-order valence-corrected chi connectivity index (χ4v) is 3.25. The molecule has 0 aromatic carbocycles. The highest BCUT2D eigenvalue weighted by Crippen LogP contribution is 2.43. The van der Waals surface area contributed by atoms with Gasteiger partial charge in [-0.3, -0.25) is 4.68 Å². The maximum absolute atomic E-state index is 6.03. The van der Waals surface area contributed by atoms with Crippen molar-refractivity contribution in [3.63, 3.8) is 0 Å². The molecule has 1 aliphatic heterocycles. The monoisotopic (exact) mass is 340 g/mol. The second-order valence-electron chi connectivity index (χ2n) is 6.64. The second kappa shape index (κ2) is 5.27. The molecule has 1 aliphatic rings. The van der Waals surface area contributed by atoms with Gasteiger partial charge in [-0.2, -0.15) is 5.10 Å². The molecule has 0 aliphatic carbocycles. The zero-order valence-electron chi connectivity index (χ0n) is 13.7. The number of pyridine rings is 1. The highest BCUT2D eigenvalue weighted by atomic mass is 35.5. The Bertz CT molecular complexity index is 917. The zero-order chi connectivity index (χ0) is 16.9. The van der Waals surface area contributed by atoms with Gasteiger partial charge in [0, 0.05) is 36.8 Å². The summed E-state index contributed by atoms with van der Waals surface area (Å²) in [5.74, 6) is 0.790. The number of nitrogens with zero attached hydrogens (tertiary/aromatic N) is 6. The summed E-state index contributed by atoms with van der Waals surface area (Å²) in [5.41, 5.74) is 3.96. The summed E-state index contributed by atoms with van der Waals surface area (Å²) < 4.78 is 1.78. The van der Waals surface area contributed by atoms with Crippen LogP contribution in [0.15, 0.2) is 36.9 Å². The molecule has 0 bridgehead atoms. The normalized spacial score (nSPS) is 15.6. The Morgan fingerprint density at radius 3 is 2.75 bits per heavy atom. The molecule has 0 unspecified atom stereocenters. The minimum absolute atomic E-state index is 0.0923. The van der Waals surface area contributed by atoms with Crippen molar-refractivity contribution >= 4 is 23.1 Å². The van der Waals surface area contributed by atoms with Crippen LogP contribution < -0.4 is 4.90 Å². The van der Waals surface area contributed by atoms with E-state index >= 15 is 0 Å². The molecular weight excluding hydrogens is 324 g/mol. The summed E-state index contributed by atoms with van der Waals surface area (Å²) in [6.07, 6.45) is 5.29. The van der Waals surface area contributed by atoms with E-state index in [1.165, 1.54) is 6.33 Å². The first-order valence-electron chi connectivity index (χ1n) is 7.70. The van der Waals surface area contributed by atoms with E-state index in [-0.39, 0.29) is 5.41 Å². The number of aromatic nitrogens is 5. The number of hydrogen-bond acceptors (Lipinski definition) is 5. The number of hydrogen-bond donors (Lipinski definition) is 0. The van der Waals surface area contributed by atoms with E-state index in [1.54, 1.807) is 10.7 Å². The van der Waals surface area contributed by atoms with Gasteiger partial charge in [-0.1, -0.05) is 25.4 Å². The molecule has 122 valence electrons. The van der Waals surface area contributed by atoms with Crippen molar-refractivity contribution in [3.05, 3.63) is 47.8 Å². The van der Waals surface area contributed by atoms with Gasteiger partial charge in [-0.15, -0.1) is 0 Å². The predicted octanol–water partition coefficient (Wildman–Crippen LogP) is 3.35. The van der Waals surface area contributed by atoms with Gasteiger partial charge in [0.1, 0.15) is 17.3 Å². The molecule has 0 spiro atoms. The summed E-state index contributed by atoms with van der Waals surface area (Å²) in [6.45, 7) is 5.17. The first kappa shape index (κ1) is 15.1. The largest absolute Gasteiger partial charge is 0.324 e. The number of halogens is 1. The van der Waals surface area contributed by atoms with Crippen LogP contribution in [0.1, 0.15) is 19.5 Å². The third-order valence-corrected chi connectivity index (χ3v) is 4.46. The maximum atomic E-state index is 6.03. The van der Waals surface area contributed by atoms with Crippen LogP contribution in [0.5, 0.6) is 0 Å². The standard InChI is InChI=1S/C17H17ClN6/c1-17(2)9-24(15-6-14(18)19-10-20-15)13-5-4-12(22-16(13)17)11-7-21-23(3)8-11/h4-8,10H,9H2,1-3H3. The van der Waals surface area contributed by atoms with Gasteiger partial charge in [-0.25, -0.2) is 15.0 Å². The number of fused-ring (bicyclic) bond motifs is 1. The average Bonchev–Trinajstić information content (AvgIpc) is 3.09. The van der Waals surface area contributed by atoms with Crippen LogP contribution in [0.25, 0.3) is 11.3 Å². The van der Waals surface area contributed by atoms with E-state index in [0.29, 0.717) is 5.15 Å². The minimum atomic E-state index is -0.0923. The van der Waals surface area contributed by atoms with E-state index in [4.69, 9.17) is 16.6 Å². The first-order chi connectivity index (χ1) is 11.4. The Labute approximate surface area is 145 Å². The molecule has 0 N–H and O–H groups in total. The molecule has 0 amide bonds.